The maximum atomic E-state index is 12.3. The first kappa shape index (κ1) is 14.7. The number of para-hydroxylation sites is 1. The molecule has 0 saturated carbocycles. The Morgan fingerprint density at radius 2 is 1.92 bits per heavy atom. The van der Waals surface area contributed by atoms with E-state index in [-0.39, 0.29) is 5.91 Å². The molecule has 0 unspecified atom stereocenters. The van der Waals surface area contributed by atoms with Crippen molar-refractivity contribution in [3.8, 4) is 5.69 Å². The van der Waals surface area contributed by atoms with Gasteiger partial charge >= 0.3 is 0 Å². The summed E-state index contributed by atoms with van der Waals surface area (Å²) < 4.78 is 1.79. The summed E-state index contributed by atoms with van der Waals surface area (Å²) in [6.07, 6.45) is 7.45. The molecule has 0 bridgehead atoms. The van der Waals surface area contributed by atoms with Gasteiger partial charge < -0.3 is 5.32 Å². The summed E-state index contributed by atoms with van der Waals surface area (Å²) >= 11 is 0. The molecule has 0 atom stereocenters. The van der Waals surface area contributed by atoms with Crippen molar-refractivity contribution in [2.24, 2.45) is 0 Å². The lowest BCUT2D eigenvalue weighted by atomic mass is 10.1. The summed E-state index contributed by atoms with van der Waals surface area (Å²) in [7, 11) is 0. The molecule has 4 heteroatoms. The second-order valence-corrected chi connectivity index (χ2v) is 6.19. The average Bonchev–Trinajstić information content (AvgIpc) is 3.24. The Bertz CT molecular complexity index is 868. The lowest BCUT2D eigenvalue weighted by Gasteiger charge is -2.07. The van der Waals surface area contributed by atoms with Gasteiger partial charge in [0, 0.05) is 11.9 Å². The van der Waals surface area contributed by atoms with Crippen LogP contribution in [0.1, 0.15) is 23.1 Å². The molecular weight excluding hydrogens is 298 g/mol. The zero-order valence-electron chi connectivity index (χ0n) is 13.4. The molecule has 0 spiro atoms. The van der Waals surface area contributed by atoms with E-state index in [0.29, 0.717) is 6.42 Å². The maximum Gasteiger partial charge on any atom is 0.228 e. The number of anilines is 1. The van der Waals surface area contributed by atoms with Crippen LogP contribution >= 0.6 is 0 Å². The Hall–Kier alpha value is -2.88. The number of amides is 1. The molecule has 24 heavy (non-hydrogen) atoms. The van der Waals surface area contributed by atoms with Crippen molar-refractivity contribution in [2.45, 2.75) is 25.7 Å². The number of rotatable bonds is 4. The molecule has 120 valence electrons. The van der Waals surface area contributed by atoms with Crippen LogP contribution in [0, 0.1) is 0 Å². The third-order valence-corrected chi connectivity index (χ3v) is 4.40. The van der Waals surface area contributed by atoms with E-state index < -0.39 is 0 Å². The van der Waals surface area contributed by atoms with Crippen molar-refractivity contribution in [3.63, 3.8) is 0 Å². The first-order valence-corrected chi connectivity index (χ1v) is 8.28. The van der Waals surface area contributed by atoms with Crippen LogP contribution in [-0.2, 0) is 24.1 Å². The molecule has 1 amide bonds. The summed E-state index contributed by atoms with van der Waals surface area (Å²) in [6, 6.07) is 16.1. The quantitative estimate of drug-likeness (QED) is 0.800. The minimum Gasteiger partial charge on any atom is -0.326 e. The van der Waals surface area contributed by atoms with Crippen LogP contribution in [0.5, 0.6) is 0 Å². The molecule has 1 aliphatic rings. The van der Waals surface area contributed by atoms with Gasteiger partial charge in [0.05, 0.1) is 18.3 Å². The fourth-order valence-corrected chi connectivity index (χ4v) is 3.21. The minimum atomic E-state index is -0.0134. The highest BCUT2D eigenvalue weighted by atomic mass is 16.1. The maximum absolute atomic E-state index is 12.3. The Balaban J connectivity index is 1.42. The molecule has 0 fully saturated rings. The first-order chi connectivity index (χ1) is 11.8. The Labute approximate surface area is 141 Å². The third-order valence-electron chi connectivity index (χ3n) is 4.40. The number of benzene rings is 2. The van der Waals surface area contributed by atoms with Crippen LogP contribution in [-0.4, -0.2) is 15.7 Å². The molecule has 2 aromatic carbocycles. The van der Waals surface area contributed by atoms with Gasteiger partial charge in [-0.3, -0.25) is 4.79 Å². The molecule has 0 radical (unpaired) electrons. The van der Waals surface area contributed by atoms with E-state index in [0.717, 1.165) is 29.8 Å². The topological polar surface area (TPSA) is 46.9 Å². The number of hydrogen-bond acceptors (Lipinski definition) is 2. The average molecular weight is 317 g/mol. The van der Waals surface area contributed by atoms with E-state index in [1.54, 1.807) is 10.9 Å². The zero-order valence-corrected chi connectivity index (χ0v) is 13.4. The van der Waals surface area contributed by atoms with Crippen LogP contribution in [0.25, 0.3) is 5.69 Å². The second kappa shape index (κ2) is 6.32. The number of nitrogens with zero attached hydrogens (tertiary/aromatic N) is 2. The van der Waals surface area contributed by atoms with Gasteiger partial charge in [-0.15, -0.1) is 0 Å². The highest BCUT2D eigenvalue weighted by Crippen LogP contribution is 2.25. The number of hydrogen-bond donors (Lipinski definition) is 1. The van der Waals surface area contributed by atoms with E-state index in [1.807, 2.05) is 42.6 Å². The molecule has 1 N–H and O–H groups in total. The molecular formula is C20H19N3O. The summed E-state index contributed by atoms with van der Waals surface area (Å²) in [5, 5.41) is 7.32. The van der Waals surface area contributed by atoms with E-state index >= 15 is 0 Å². The molecule has 0 aliphatic heterocycles. The first-order valence-electron chi connectivity index (χ1n) is 8.28. The molecule has 1 aromatic heterocycles. The number of carbonyl (C=O) groups is 1. The predicted molar refractivity (Wildman–Crippen MR) is 94.4 cm³/mol. The van der Waals surface area contributed by atoms with Gasteiger partial charge in [-0.25, -0.2) is 4.68 Å². The molecule has 1 heterocycles. The predicted octanol–water partition coefficient (Wildman–Crippen LogP) is 3.54. The molecule has 1 aliphatic carbocycles. The van der Waals surface area contributed by atoms with Crippen molar-refractivity contribution in [3.05, 3.63) is 77.6 Å². The van der Waals surface area contributed by atoms with E-state index in [4.69, 9.17) is 0 Å². The van der Waals surface area contributed by atoms with E-state index in [1.165, 1.54) is 17.5 Å². The normalized spacial score (nSPS) is 12.8. The Morgan fingerprint density at radius 3 is 2.79 bits per heavy atom. The van der Waals surface area contributed by atoms with E-state index in [9.17, 15) is 4.79 Å². The smallest absolute Gasteiger partial charge is 0.228 e. The van der Waals surface area contributed by atoms with E-state index in [2.05, 4.69) is 22.5 Å². The fraction of sp³-hybridized carbons (Fsp3) is 0.200. The minimum absolute atomic E-state index is 0.0134. The Kier molecular flexibility index (Phi) is 3.87. The van der Waals surface area contributed by atoms with Crippen molar-refractivity contribution in [2.75, 3.05) is 5.32 Å². The van der Waals surface area contributed by atoms with Gasteiger partial charge in [-0.2, -0.15) is 5.10 Å². The number of fused-ring (bicyclic) bond motifs is 1. The lowest BCUT2D eigenvalue weighted by Crippen LogP contribution is -2.14. The van der Waals surface area contributed by atoms with Crippen molar-refractivity contribution in [1.82, 2.24) is 9.78 Å². The van der Waals surface area contributed by atoms with Gasteiger partial charge in [0.1, 0.15) is 0 Å². The van der Waals surface area contributed by atoms with Crippen molar-refractivity contribution < 1.29 is 4.79 Å². The summed E-state index contributed by atoms with van der Waals surface area (Å²) in [5.41, 5.74) is 5.55. The number of aryl methyl sites for hydroxylation is 2. The molecule has 4 nitrogen and oxygen atoms in total. The SMILES string of the molecule is O=C(Cc1cnn(-c2ccccc2)c1)Nc1ccc2c(c1)CCC2. The standard InChI is InChI=1S/C20H19N3O/c24-20(22-18-10-9-16-5-4-6-17(16)12-18)11-15-13-21-23(14-15)19-7-2-1-3-8-19/h1-3,7-10,12-14H,4-6,11H2,(H,22,24). The Morgan fingerprint density at radius 1 is 1.08 bits per heavy atom. The second-order valence-electron chi connectivity index (χ2n) is 6.19. The summed E-state index contributed by atoms with van der Waals surface area (Å²) in [4.78, 5) is 12.3. The van der Waals surface area contributed by atoms with Gasteiger partial charge in [-0.1, -0.05) is 24.3 Å². The fourth-order valence-electron chi connectivity index (χ4n) is 3.21. The highest BCUT2D eigenvalue weighted by molar-refractivity contribution is 5.92. The molecule has 4 rings (SSSR count). The van der Waals surface area contributed by atoms with Crippen molar-refractivity contribution >= 4 is 11.6 Å². The summed E-state index contributed by atoms with van der Waals surface area (Å²) in [6.45, 7) is 0. The number of carbonyl (C=O) groups excluding carboxylic acids is 1. The monoisotopic (exact) mass is 317 g/mol. The van der Waals surface area contributed by atoms with Crippen LogP contribution in [0.3, 0.4) is 0 Å². The zero-order chi connectivity index (χ0) is 16.4. The van der Waals surface area contributed by atoms with Crippen LogP contribution in [0.15, 0.2) is 60.9 Å². The largest absolute Gasteiger partial charge is 0.326 e. The van der Waals surface area contributed by atoms with Gasteiger partial charge in [0.25, 0.3) is 0 Å². The van der Waals surface area contributed by atoms with Gasteiger partial charge in [0.2, 0.25) is 5.91 Å². The van der Waals surface area contributed by atoms with Crippen molar-refractivity contribution in [1.29, 1.82) is 0 Å². The highest BCUT2D eigenvalue weighted by Gasteiger charge is 2.12. The molecule has 0 saturated heterocycles. The number of nitrogens with one attached hydrogen (secondary N) is 1. The van der Waals surface area contributed by atoms with Crippen LogP contribution in [0.2, 0.25) is 0 Å². The number of aromatic nitrogens is 2. The van der Waals surface area contributed by atoms with Crippen LogP contribution < -0.4 is 5.32 Å². The van der Waals surface area contributed by atoms with Gasteiger partial charge in [-0.05, 0) is 60.2 Å². The summed E-state index contributed by atoms with van der Waals surface area (Å²) in [5.74, 6) is -0.0134. The molecule has 3 aromatic rings. The van der Waals surface area contributed by atoms with Crippen LogP contribution in [0.4, 0.5) is 5.69 Å². The van der Waals surface area contributed by atoms with Gasteiger partial charge in [0.15, 0.2) is 0 Å². The third kappa shape index (κ3) is 3.08. The lowest BCUT2D eigenvalue weighted by molar-refractivity contribution is -0.115.